The normalized spacial score (nSPS) is 25.0. The minimum Gasteiger partial charge on any atom is -0.381 e. The molecule has 2 heterocycles. The zero-order valence-electron chi connectivity index (χ0n) is 17.0. The number of nitrogens with one attached hydrogen (secondary N) is 2. The molecule has 0 amide bonds. The predicted octanol–water partition coefficient (Wildman–Crippen LogP) is 3.82. The van der Waals surface area contributed by atoms with E-state index in [1.165, 1.54) is 24.2 Å². The van der Waals surface area contributed by atoms with E-state index in [9.17, 15) is 13.7 Å². The number of benzene rings is 1. The second-order valence-corrected chi connectivity index (χ2v) is 10.7. The Morgan fingerprint density at radius 2 is 2.10 bits per heavy atom. The van der Waals surface area contributed by atoms with Crippen LogP contribution in [-0.4, -0.2) is 43.5 Å². The van der Waals surface area contributed by atoms with E-state index in [0.29, 0.717) is 17.2 Å². The van der Waals surface area contributed by atoms with Gasteiger partial charge in [-0.3, -0.25) is 9.62 Å². The maximum atomic E-state index is 12.6. The predicted molar refractivity (Wildman–Crippen MR) is 119 cm³/mol. The molecule has 0 radical (unpaired) electrons. The van der Waals surface area contributed by atoms with Crippen LogP contribution in [-0.2, 0) is 10.0 Å². The Hall–Kier alpha value is -2.15. The van der Waals surface area contributed by atoms with Gasteiger partial charge in [-0.1, -0.05) is 12.8 Å². The summed E-state index contributed by atoms with van der Waals surface area (Å²) >= 11 is 1.25. The zero-order chi connectivity index (χ0) is 21.1. The van der Waals surface area contributed by atoms with Crippen molar-refractivity contribution in [3.05, 3.63) is 35.3 Å². The maximum Gasteiger partial charge on any atom is 0.263 e. The van der Waals surface area contributed by atoms with E-state index < -0.39 is 10.0 Å². The summed E-state index contributed by atoms with van der Waals surface area (Å²) < 4.78 is 27.8. The largest absolute Gasteiger partial charge is 0.381 e. The highest BCUT2D eigenvalue weighted by molar-refractivity contribution is 7.93. The number of sulfonamides is 1. The summed E-state index contributed by atoms with van der Waals surface area (Å²) in [6, 6.07) is 8.36. The fourth-order valence-corrected chi connectivity index (χ4v) is 6.40. The lowest BCUT2D eigenvalue weighted by atomic mass is 9.89. The van der Waals surface area contributed by atoms with Gasteiger partial charge in [0.05, 0.1) is 16.9 Å². The van der Waals surface area contributed by atoms with Crippen molar-refractivity contribution in [2.24, 2.45) is 5.92 Å². The first-order valence-electron chi connectivity index (χ1n) is 10.4. The van der Waals surface area contributed by atoms with Gasteiger partial charge in [-0.05, 0) is 56.5 Å². The molecule has 1 saturated heterocycles. The molecule has 30 heavy (non-hydrogen) atoms. The van der Waals surface area contributed by atoms with Crippen molar-refractivity contribution < 1.29 is 8.42 Å². The molecule has 1 aromatic heterocycles. The summed E-state index contributed by atoms with van der Waals surface area (Å²) in [5, 5.41) is 15.0. The number of rotatable bonds is 6. The molecule has 160 valence electrons. The highest BCUT2D eigenvalue weighted by Gasteiger charge is 2.34. The van der Waals surface area contributed by atoms with E-state index in [4.69, 9.17) is 0 Å². The van der Waals surface area contributed by atoms with Crippen molar-refractivity contribution in [3.8, 4) is 6.07 Å². The third-order valence-corrected chi connectivity index (χ3v) is 8.26. The highest BCUT2D eigenvalue weighted by atomic mass is 32.2. The van der Waals surface area contributed by atoms with Gasteiger partial charge < -0.3 is 5.32 Å². The molecule has 2 aliphatic rings. The molecule has 1 saturated carbocycles. The third-order valence-electron chi connectivity index (χ3n) is 6.10. The van der Waals surface area contributed by atoms with E-state index in [2.05, 4.69) is 26.0 Å². The molecular weight excluding hydrogens is 418 g/mol. The number of aryl methyl sites for hydroxylation is 1. The molecule has 2 fully saturated rings. The van der Waals surface area contributed by atoms with E-state index in [1.54, 1.807) is 23.7 Å². The highest BCUT2D eigenvalue weighted by Crippen LogP contribution is 2.31. The molecule has 7 nitrogen and oxygen atoms in total. The van der Waals surface area contributed by atoms with Crippen molar-refractivity contribution in [2.75, 3.05) is 23.1 Å². The average molecular weight is 446 g/mol. The van der Waals surface area contributed by atoms with Crippen LogP contribution in [0.1, 0.15) is 37.7 Å². The average Bonchev–Trinajstić information content (AvgIpc) is 3.41. The molecule has 1 aromatic carbocycles. The van der Waals surface area contributed by atoms with Gasteiger partial charge in [0.15, 0.2) is 5.13 Å². The van der Waals surface area contributed by atoms with Gasteiger partial charge in [0, 0.05) is 35.9 Å². The molecule has 0 spiro atoms. The monoisotopic (exact) mass is 445 g/mol. The van der Waals surface area contributed by atoms with E-state index in [1.807, 2.05) is 13.0 Å². The summed E-state index contributed by atoms with van der Waals surface area (Å²) in [6.07, 6.45) is 7.16. The van der Waals surface area contributed by atoms with Gasteiger partial charge in [-0.15, -0.1) is 11.3 Å². The molecule has 4 rings (SSSR count). The van der Waals surface area contributed by atoms with E-state index in [-0.39, 0.29) is 10.8 Å². The van der Waals surface area contributed by atoms with Crippen LogP contribution in [0.5, 0.6) is 0 Å². The van der Waals surface area contributed by atoms with Crippen molar-refractivity contribution >= 4 is 32.2 Å². The molecule has 1 aliphatic carbocycles. The molecule has 3 atom stereocenters. The number of nitriles is 1. The van der Waals surface area contributed by atoms with E-state index >= 15 is 0 Å². The lowest BCUT2D eigenvalue weighted by molar-refractivity contribution is 0.174. The van der Waals surface area contributed by atoms with Crippen LogP contribution >= 0.6 is 11.3 Å². The lowest BCUT2D eigenvalue weighted by Gasteiger charge is -2.39. The molecule has 0 bridgehead atoms. The number of likely N-dealkylation sites (tertiary alicyclic amines) is 1. The second kappa shape index (κ2) is 8.92. The minimum atomic E-state index is -3.66. The van der Waals surface area contributed by atoms with Gasteiger partial charge in [-0.2, -0.15) is 5.26 Å². The third kappa shape index (κ3) is 4.61. The summed E-state index contributed by atoms with van der Waals surface area (Å²) in [5.74, 6) is 0.143. The minimum absolute atomic E-state index is 0.143. The number of thiazole rings is 1. The quantitative estimate of drug-likeness (QED) is 0.701. The fourth-order valence-electron chi connectivity index (χ4n) is 4.52. The molecule has 2 aromatic rings. The molecule has 1 aliphatic heterocycles. The maximum absolute atomic E-state index is 12.6. The van der Waals surface area contributed by atoms with Crippen LogP contribution in [0.3, 0.4) is 0 Å². The standard InChI is InChI=1S/C21H27N5O2S2/c1-15-12-17(30(27,28)25-21-23-9-11-29-21)6-7-18(15)24-19-4-2-3-5-20(19)26-10-8-16(13-22)14-26/h6-7,9,11-12,16,19-20,24H,2-5,8,10,14H2,1H3,(H,23,25)/t16?,19-,20?/m0/s1. The first-order chi connectivity index (χ1) is 14.5. The van der Waals surface area contributed by atoms with Gasteiger partial charge >= 0.3 is 0 Å². The Kier molecular flexibility index (Phi) is 6.27. The van der Waals surface area contributed by atoms with Crippen molar-refractivity contribution in [1.82, 2.24) is 9.88 Å². The van der Waals surface area contributed by atoms with Crippen molar-refractivity contribution in [1.29, 1.82) is 5.26 Å². The van der Waals surface area contributed by atoms with Crippen LogP contribution in [0.25, 0.3) is 0 Å². The van der Waals surface area contributed by atoms with Crippen LogP contribution in [0.2, 0.25) is 0 Å². The van der Waals surface area contributed by atoms with Gasteiger partial charge in [0.25, 0.3) is 10.0 Å². The summed E-state index contributed by atoms with van der Waals surface area (Å²) in [5.41, 5.74) is 1.87. The summed E-state index contributed by atoms with van der Waals surface area (Å²) in [6.45, 7) is 3.78. The molecule has 2 N–H and O–H groups in total. The van der Waals surface area contributed by atoms with E-state index in [0.717, 1.165) is 43.6 Å². The first-order valence-corrected chi connectivity index (χ1v) is 12.8. The Labute approximate surface area is 182 Å². The van der Waals surface area contributed by atoms with Crippen molar-refractivity contribution in [3.63, 3.8) is 0 Å². The van der Waals surface area contributed by atoms with Gasteiger partial charge in [0.2, 0.25) is 0 Å². The Bertz CT molecular complexity index is 1020. The first kappa shape index (κ1) is 21.1. The summed E-state index contributed by atoms with van der Waals surface area (Å²) in [4.78, 5) is 6.70. The second-order valence-electron chi connectivity index (χ2n) is 8.13. The molecule has 9 heteroatoms. The van der Waals surface area contributed by atoms with Crippen LogP contribution in [0, 0.1) is 24.2 Å². The Balaban J connectivity index is 1.48. The molecular formula is C21H27N5O2S2. The number of anilines is 2. The smallest absolute Gasteiger partial charge is 0.263 e. The lowest BCUT2D eigenvalue weighted by Crippen LogP contribution is -2.48. The Morgan fingerprint density at radius 3 is 2.80 bits per heavy atom. The number of hydrogen-bond donors (Lipinski definition) is 2. The number of hydrogen-bond acceptors (Lipinski definition) is 7. The fraction of sp³-hybridized carbons (Fsp3) is 0.524. The number of aromatic nitrogens is 1. The number of nitrogens with zero attached hydrogens (tertiary/aromatic N) is 3. The van der Waals surface area contributed by atoms with Crippen LogP contribution < -0.4 is 10.0 Å². The molecule has 2 unspecified atom stereocenters. The van der Waals surface area contributed by atoms with Crippen LogP contribution in [0.15, 0.2) is 34.7 Å². The Morgan fingerprint density at radius 1 is 1.27 bits per heavy atom. The van der Waals surface area contributed by atoms with Gasteiger partial charge in [0.1, 0.15) is 0 Å². The SMILES string of the molecule is Cc1cc(S(=O)(=O)Nc2nccs2)ccc1N[C@H]1CCCCC1N1CCC(C#N)C1. The van der Waals surface area contributed by atoms with Crippen LogP contribution in [0.4, 0.5) is 10.8 Å². The zero-order valence-corrected chi connectivity index (χ0v) is 18.7. The van der Waals surface area contributed by atoms with Gasteiger partial charge in [-0.25, -0.2) is 13.4 Å². The van der Waals surface area contributed by atoms with Crippen molar-refractivity contribution in [2.45, 2.75) is 56.0 Å². The summed E-state index contributed by atoms with van der Waals surface area (Å²) in [7, 11) is -3.66. The topological polar surface area (TPSA) is 98.1 Å².